The third kappa shape index (κ3) is 9.35. The van der Waals surface area contributed by atoms with Crippen molar-refractivity contribution in [3.63, 3.8) is 0 Å². The summed E-state index contributed by atoms with van der Waals surface area (Å²) in [7, 11) is 2.20. The minimum absolute atomic E-state index is 0. The Hall–Kier alpha value is -0.180. The van der Waals surface area contributed by atoms with Crippen LogP contribution in [0.3, 0.4) is 0 Å². The van der Waals surface area contributed by atoms with E-state index in [1.165, 1.54) is 24.3 Å². The maximum Gasteiger partial charge on any atom is 0.191 e. The SMILES string of the molecule is CCNC(=NCC1CCCN(C)C1)NCCSc1ccc(Cl)cc1.I. The van der Waals surface area contributed by atoms with E-state index in [9.17, 15) is 0 Å². The number of benzene rings is 1. The number of piperidine rings is 1. The van der Waals surface area contributed by atoms with Gasteiger partial charge in [-0.1, -0.05) is 11.6 Å². The summed E-state index contributed by atoms with van der Waals surface area (Å²) in [4.78, 5) is 8.42. The molecule has 0 spiro atoms. The second-order valence-corrected chi connectivity index (χ2v) is 7.82. The molecule has 142 valence electrons. The molecule has 0 amide bonds. The maximum absolute atomic E-state index is 5.91. The van der Waals surface area contributed by atoms with Crippen LogP contribution in [0.2, 0.25) is 5.02 Å². The second-order valence-electron chi connectivity index (χ2n) is 6.22. The van der Waals surface area contributed by atoms with Crippen molar-refractivity contribution < 1.29 is 0 Å². The van der Waals surface area contributed by atoms with Gasteiger partial charge in [-0.3, -0.25) is 4.99 Å². The van der Waals surface area contributed by atoms with Crippen LogP contribution >= 0.6 is 47.3 Å². The zero-order valence-electron chi connectivity index (χ0n) is 15.1. The molecule has 2 N–H and O–H groups in total. The number of aliphatic imine (C=N–C) groups is 1. The van der Waals surface area contributed by atoms with E-state index in [2.05, 4.69) is 41.6 Å². The lowest BCUT2D eigenvalue weighted by atomic mass is 9.99. The van der Waals surface area contributed by atoms with Gasteiger partial charge in [0.05, 0.1) is 0 Å². The highest BCUT2D eigenvalue weighted by atomic mass is 127. The van der Waals surface area contributed by atoms with Gasteiger partial charge in [-0.25, -0.2) is 0 Å². The van der Waals surface area contributed by atoms with Crippen molar-refractivity contribution in [2.75, 3.05) is 45.5 Å². The van der Waals surface area contributed by atoms with Crippen molar-refractivity contribution in [2.45, 2.75) is 24.7 Å². The molecular weight excluding hydrogens is 467 g/mol. The Morgan fingerprint density at radius 2 is 2.08 bits per heavy atom. The molecule has 1 saturated heterocycles. The summed E-state index contributed by atoms with van der Waals surface area (Å²) in [6.45, 7) is 7.18. The summed E-state index contributed by atoms with van der Waals surface area (Å²) >= 11 is 7.73. The van der Waals surface area contributed by atoms with Crippen molar-refractivity contribution in [1.82, 2.24) is 15.5 Å². The first-order valence-corrected chi connectivity index (χ1v) is 10.1. The molecule has 1 fully saturated rings. The molecule has 4 nitrogen and oxygen atoms in total. The van der Waals surface area contributed by atoms with Gasteiger partial charge in [0, 0.05) is 41.8 Å². The van der Waals surface area contributed by atoms with E-state index in [-0.39, 0.29) is 24.0 Å². The molecule has 1 aromatic carbocycles. The van der Waals surface area contributed by atoms with E-state index >= 15 is 0 Å². The van der Waals surface area contributed by atoms with E-state index in [1.807, 2.05) is 23.9 Å². The molecular formula is C18H30ClIN4S. The quantitative estimate of drug-likeness (QED) is 0.197. The molecule has 7 heteroatoms. The third-order valence-electron chi connectivity index (χ3n) is 4.05. The summed E-state index contributed by atoms with van der Waals surface area (Å²) in [6, 6.07) is 7.99. The van der Waals surface area contributed by atoms with Crippen LogP contribution in [0.15, 0.2) is 34.2 Å². The van der Waals surface area contributed by atoms with Crippen LogP contribution in [0.4, 0.5) is 0 Å². The molecule has 1 atom stereocenters. The van der Waals surface area contributed by atoms with Gasteiger partial charge in [0.1, 0.15) is 0 Å². The Morgan fingerprint density at radius 3 is 2.76 bits per heavy atom. The van der Waals surface area contributed by atoms with E-state index in [4.69, 9.17) is 16.6 Å². The Balaban J connectivity index is 0.00000312. The highest BCUT2D eigenvalue weighted by molar-refractivity contribution is 14.0. The average Bonchev–Trinajstić information content (AvgIpc) is 2.58. The molecule has 1 unspecified atom stereocenters. The van der Waals surface area contributed by atoms with Crippen LogP contribution in [-0.2, 0) is 0 Å². The van der Waals surface area contributed by atoms with Crippen molar-refractivity contribution >= 4 is 53.3 Å². The van der Waals surface area contributed by atoms with Gasteiger partial charge >= 0.3 is 0 Å². The van der Waals surface area contributed by atoms with Crippen LogP contribution in [0, 0.1) is 5.92 Å². The monoisotopic (exact) mass is 496 g/mol. The number of halogens is 2. The number of rotatable bonds is 7. The molecule has 0 saturated carbocycles. The highest BCUT2D eigenvalue weighted by Gasteiger charge is 2.16. The Bertz CT molecular complexity index is 512. The third-order valence-corrected chi connectivity index (χ3v) is 5.32. The largest absolute Gasteiger partial charge is 0.357 e. The first-order chi connectivity index (χ1) is 11.7. The zero-order valence-corrected chi connectivity index (χ0v) is 19.0. The lowest BCUT2D eigenvalue weighted by molar-refractivity contribution is 0.214. The van der Waals surface area contributed by atoms with Gasteiger partial charge in [-0.2, -0.15) is 0 Å². The van der Waals surface area contributed by atoms with Gasteiger partial charge in [-0.15, -0.1) is 35.7 Å². The fraction of sp³-hybridized carbons (Fsp3) is 0.611. The lowest BCUT2D eigenvalue weighted by Crippen LogP contribution is -2.39. The van der Waals surface area contributed by atoms with Gasteiger partial charge in [0.15, 0.2) is 5.96 Å². The van der Waals surface area contributed by atoms with Crippen LogP contribution in [-0.4, -0.2) is 56.4 Å². The topological polar surface area (TPSA) is 39.7 Å². The second kappa shape index (κ2) is 13.1. The summed E-state index contributed by atoms with van der Waals surface area (Å²) in [5, 5.41) is 7.55. The van der Waals surface area contributed by atoms with Gasteiger partial charge in [-0.05, 0) is 63.5 Å². The highest BCUT2D eigenvalue weighted by Crippen LogP contribution is 2.19. The molecule has 2 rings (SSSR count). The van der Waals surface area contributed by atoms with Crippen LogP contribution < -0.4 is 10.6 Å². The number of hydrogen-bond donors (Lipinski definition) is 2. The Morgan fingerprint density at radius 1 is 1.32 bits per heavy atom. The van der Waals surface area contributed by atoms with Crippen LogP contribution in [0.5, 0.6) is 0 Å². The molecule has 0 aliphatic carbocycles. The number of nitrogens with zero attached hydrogens (tertiary/aromatic N) is 2. The standard InChI is InChI=1S/C18H29ClN4S.HI/c1-3-20-18(22-13-15-5-4-11-23(2)14-15)21-10-12-24-17-8-6-16(19)7-9-17;/h6-9,15H,3-5,10-14H2,1-2H3,(H2,20,21,22);1H. The molecule has 1 heterocycles. The summed E-state index contributed by atoms with van der Waals surface area (Å²) in [5.41, 5.74) is 0. The molecule has 0 bridgehead atoms. The Kier molecular flexibility index (Phi) is 11.9. The normalized spacial score (nSPS) is 18.5. The van der Waals surface area contributed by atoms with Crippen molar-refractivity contribution in [3.8, 4) is 0 Å². The van der Waals surface area contributed by atoms with Gasteiger partial charge < -0.3 is 15.5 Å². The number of hydrogen-bond acceptors (Lipinski definition) is 3. The maximum atomic E-state index is 5.91. The smallest absolute Gasteiger partial charge is 0.191 e. The van der Waals surface area contributed by atoms with Crippen molar-refractivity contribution in [1.29, 1.82) is 0 Å². The molecule has 1 aliphatic rings. The fourth-order valence-electron chi connectivity index (χ4n) is 2.85. The van der Waals surface area contributed by atoms with E-state index in [0.717, 1.165) is 42.9 Å². The lowest BCUT2D eigenvalue weighted by Gasteiger charge is -2.28. The number of thioether (sulfide) groups is 1. The first-order valence-electron chi connectivity index (χ1n) is 8.76. The number of nitrogens with one attached hydrogen (secondary N) is 2. The number of guanidine groups is 1. The van der Waals surface area contributed by atoms with Crippen LogP contribution in [0.25, 0.3) is 0 Å². The van der Waals surface area contributed by atoms with Gasteiger partial charge in [0.2, 0.25) is 0 Å². The van der Waals surface area contributed by atoms with E-state index in [0.29, 0.717) is 5.92 Å². The molecule has 1 aromatic rings. The fourth-order valence-corrected chi connectivity index (χ4v) is 3.75. The zero-order chi connectivity index (χ0) is 17.2. The minimum Gasteiger partial charge on any atom is -0.357 e. The van der Waals surface area contributed by atoms with E-state index in [1.54, 1.807) is 0 Å². The minimum atomic E-state index is 0. The summed E-state index contributed by atoms with van der Waals surface area (Å²) in [6.07, 6.45) is 2.58. The molecule has 25 heavy (non-hydrogen) atoms. The number of likely N-dealkylation sites (tertiary alicyclic amines) is 1. The van der Waals surface area contributed by atoms with Crippen LogP contribution in [0.1, 0.15) is 19.8 Å². The van der Waals surface area contributed by atoms with Gasteiger partial charge in [0.25, 0.3) is 0 Å². The Labute approximate surface area is 178 Å². The predicted octanol–water partition coefficient (Wildman–Crippen LogP) is 3.95. The molecule has 0 aromatic heterocycles. The average molecular weight is 497 g/mol. The van der Waals surface area contributed by atoms with Crippen molar-refractivity contribution in [2.24, 2.45) is 10.9 Å². The predicted molar refractivity (Wildman–Crippen MR) is 122 cm³/mol. The van der Waals surface area contributed by atoms with E-state index < -0.39 is 0 Å². The first kappa shape index (κ1) is 22.9. The summed E-state index contributed by atoms with van der Waals surface area (Å²) in [5.74, 6) is 2.61. The molecule has 1 aliphatic heterocycles. The summed E-state index contributed by atoms with van der Waals surface area (Å²) < 4.78 is 0. The van der Waals surface area contributed by atoms with Crippen molar-refractivity contribution in [3.05, 3.63) is 29.3 Å². The molecule has 0 radical (unpaired) electrons.